The zero-order valence-electron chi connectivity index (χ0n) is 20.0. The zero-order chi connectivity index (χ0) is 24.2. The van der Waals surface area contributed by atoms with Gasteiger partial charge in [-0.1, -0.05) is 23.7 Å². The fourth-order valence-electron chi connectivity index (χ4n) is 4.44. The number of ether oxygens (including phenoxy) is 2. The molecule has 0 spiro atoms. The average Bonchev–Trinajstić information content (AvgIpc) is 3.67. The van der Waals surface area contributed by atoms with E-state index in [1.165, 1.54) is 0 Å². The summed E-state index contributed by atoms with van der Waals surface area (Å²) in [6, 6.07) is 11.8. The third-order valence-electron chi connectivity index (χ3n) is 6.47. The van der Waals surface area contributed by atoms with Crippen LogP contribution in [0, 0.1) is 11.3 Å². The van der Waals surface area contributed by atoms with Crippen LogP contribution in [0.2, 0.25) is 5.02 Å². The molecule has 0 radical (unpaired) electrons. The largest absolute Gasteiger partial charge is 0.484 e. The second-order valence-electron chi connectivity index (χ2n) is 9.07. The van der Waals surface area contributed by atoms with Gasteiger partial charge in [-0.25, -0.2) is 4.98 Å². The molecule has 34 heavy (non-hydrogen) atoms. The smallest absolute Gasteiger partial charge is 0.225 e. The van der Waals surface area contributed by atoms with Gasteiger partial charge in [0.05, 0.1) is 24.3 Å². The van der Waals surface area contributed by atoms with E-state index in [1.807, 2.05) is 49.1 Å². The van der Waals surface area contributed by atoms with Crippen LogP contribution in [0.15, 0.2) is 30.3 Å². The van der Waals surface area contributed by atoms with Crippen molar-refractivity contribution in [1.82, 2.24) is 9.88 Å². The van der Waals surface area contributed by atoms with Gasteiger partial charge in [0.2, 0.25) is 5.91 Å². The number of carbonyl (C=O) groups is 1. The molecule has 2 aliphatic rings. The van der Waals surface area contributed by atoms with Crippen LogP contribution in [0.25, 0.3) is 0 Å². The number of nitriles is 1. The second-order valence-corrected chi connectivity index (χ2v) is 9.51. The third kappa shape index (κ3) is 5.45. The molecule has 1 aliphatic carbocycles. The lowest BCUT2D eigenvalue weighted by Crippen LogP contribution is -2.54. The molecular formula is C26H31ClN4O3. The molecule has 1 aliphatic heterocycles. The van der Waals surface area contributed by atoms with Crippen LogP contribution in [-0.2, 0) is 9.53 Å². The molecular weight excluding hydrogens is 452 g/mol. The van der Waals surface area contributed by atoms with Gasteiger partial charge in [-0.15, -0.1) is 0 Å². The van der Waals surface area contributed by atoms with Crippen molar-refractivity contribution in [1.29, 1.82) is 5.26 Å². The first-order chi connectivity index (χ1) is 16.4. The monoisotopic (exact) mass is 482 g/mol. The number of rotatable bonds is 8. The van der Waals surface area contributed by atoms with E-state index < -0.39 is 0 Å². The molecule has 2 fully saturated rings. The average molecular weight is 483 g/mol. The summed E-state index contributed by atoms with van der Waals surface area (Å²) >= 11 is 6.16. The Morgan fingerprint density at radius 3 is 2.76 bits per heavy atom. The Bertz CT molecular complexity index is 1080. The van der Waals surface area contributed by atoms with Gasteiger partial charge in [-0.3, -0.25) is 4.79 Å². The molecule has 7 nitrogen and oxygen atoms in total. The Hall–Kier alpha value is -2.82. The number of methoxy groups -OCH3 is 1. The van der Waals surface area contributed by atoms with E-state index in [2.05, 4.69) is 11.0 Å². The maximum atomic E-state index is 12.5. The van der Waals surface area contributed by atoms with Crippen molar-refractivity contribution < 1.29 is 14.3 Å². The normalized spacial score (nSPS) is 19.0. The van der Waals surface area contributed by atoms with Crippen LogP contribution in [0.3, 0.4) is 0 Å². The molecule has 1 unspecified atom stereocenters. The minimum absolute atomic E-state index is 0.0228. The van der Waals surface area contributed by atoms with Crippen LogP contribution >= 0.6 is 11.6 Å². The van der Waals surface area contributed by atoms with Gasteiger partial charge in [0.1, 0.15) is 23.7 Å². The number of benzene rings is 1. The lowest BCUT2D eigenvalue weighted by atomic mass is 10.1. The number of halogens is 1. The summed E-state index contributed by atoms with van der Waals surface area (Å²) in [4.78, 5) is 21.5. The molecule has 1 aromatic carbocycles. The van der Waals surface area contributed by atoms with Crippen molar-refractivity contribution in [2.24, 2.45) is 0 Å². The van der Waals surface area contributed by atoms with Crippen molar-refractivity contribution in [3.63, 3.8) is 0 Å². The number of hydrogen-bond donors (Lipinski definition) is 0. The molecule has 8 heteroatoms. The van der Waals surface area contributed by atoms with Crippen molar-refractivity contribution in [3.05, 3.63) is 52.2 Å². The van der Waals surface area contributed by atoms with E-state index in [1.54, 1.807) is 7.11 Å². The highest BCUT2D eigenvalue weighted by molar-refractivity contribution is 6.30. The summed E-state index contributed by atoms with van der Waals surface area (Å²) < 4.78 is 11.4. The number of anilines is 1. The topological polar surface area (TPSA) is 78.7 Å². The second kappa shape index (κ2) is 10.6. The molecule has 0 N–H and O–H groups in total. The molecule has 1 saturated heterocycles. The van der Waals surface area contributed by atoms with Gasteiger partial charge < -0.3 is 19.3 Å². The first-order valence-corrected chi connectivity index (χ1v) is 12.2. The van der Waals surface area contributed by atoms with Crippen LogP contribution in [0.5, 0.6) is 5.75 Å². The van der Waals surface area contributed by atoms with Gasteiger partial charge in [0.15, 0.2) is 0 Å². The SMILES string of the molecule is COCCC(=O)N1CCN(c2nc(C3CC3)c(OC(C)c3cccc(Cl)c3)cc2C#N)C[C@H]1C. The standard InChI is InChI=1S/C26H31ClN4O3/c1-17-16-30(10-11-31(17)24(32)9-12-33-3)26-21(15-28)14-23(25(29-26)19-7-8-19)34-18(2)20-5-4-6-22(27)13-20/h4-6,13-14,17-19H,7-12,16H2,1-3H3/t17-,18?/m1/s1. The van der Waals surface area contributed by atoms with Gasteiger partial charge in [-0.05, 0) is 44.4 Å². The number of hydrogen-bond acceptors (Lipinski definition) is 6. The third-order valence-corrected chi connectivity index (χ3v) is 6.70. The molecule has 1 amide bonds. The van der Waals surface area contributed by atoms with E-state index in [4.69, 9.17) is 26.1 Å². The number of aromatic nitrogens is 1. The zero-order valence-corrected chi connectivity index (χ0v) is 20.7. The van der Waals surface area contributed by atoms with Crippen LogP contribution in [0.1, 0.15) is 62.0 Å². The highest BCUT2D eigenvalue weighted by Crippen LogP contribution is 2.45. The maximum Gasteiger partial charge on any atom is 0.225 e. The van der Waals surface area contributed by atoms with Crippen molar-refractivity contribution in [2.45, 2.75) is 51.2 Å². The number of nitrogens with zero attached hydrogens (tertiary/aromatic N) is 4. The van der Waals surface area contributed by atoms with E-state index in [9.17, 15) is 10.1 Å². The molecule has 180 valence electrons. The van der Waals surface area contributed by atoms with Crippen molar-refractivity contribution in [3.8, 4) is 11.8 Å². The summed E-state index contributed by atoms with van der Waals surface area (Å²) in [5, 5.41) is 10.6. The maximum absolute atomic E-state index is 12.5. The van der Waals surface area contributed by atoms with Crippen LogP contribution in [-0.4, -0.2) is 55.2 Å². The summed E-state index contributed by atoms with van der Waals surface area (Å²) in [6.45, 7) is 6.29. The minimum atomic E-state index is -0.225. The van der Waals surface area contributed by atoms with Gasteiger partial charge >= 0.3 is 0 Å². The summed E-state index contributed by atoms with van der Waals surface area (Å²) in [5.41, 5.74) is 2.37. The van der Waals surface area contributed by atoms with Crippen molar-refractivity contribution >= 4 is 23.3 Å². The lowest BCUT2D eigenvalue weighted by Gasteiger charge is -2.41. The predicted molar refractivity (Wildman–Crippen MR) is 131 cm³/mol. The van der Waals surface area contributed by atoms with Gasteiger partial charge in [-0.2, -0.15) is 5.26 Å². The van der Waals surface area contributed by atoms with E-state index >= 15 is 0 Å². The Balaban J connectivity index is 1.56. The van der Waals surface area contributed by atoms with E-state index in [0.29, 0.717) is 60.7 Å². The Labute approximate surface area is 206 Å². The predicted octanol–water partition coefficient (Wildman–Crippen LogP) is 4.70. The van der Waals surface area contributed by atoms with Crippen molar-refractivity contribution in [2.75, 3.05) is 38.3 Å². The van der Waals surface area contributed by atoms with E-state index in [-0.39, 0.29) is 18.1 Å². The van der Waals surface area contributed by atoms with Crippen LogP contribution in [0.4, 0.5) is 5.82 Å². The molecule has 1 aromatic heterocycles. The Kier molecular flexibility index (Phi) is 7.60. The summed E-state index contributed by atoms with van der Waals surface area (Å²) in [5.74, 6) is 1.79. The van der Waals surface area contributed by atoms with Gasteiger partial charge in [0, 0.05) is 49.8 Å². The molecule has 4 rings (SSSR count). The highest BCUT2D eigenvalue weighted by Gasteiger charge is 2.33. The lowest BCUT2D eigenvalue weighted by molar-refractivity contribution is -0.134. The first-order valence-electron chi connectivity index (χ1n) is 11.8. The molecule has 1 saturated carbocycles. The fraction of sp³-hybridized carbons (Fsp3) is 0.500. The minimum Gasteiger partial charge on any atom is -0.484 e. The summed E-state index contributed by atoms with van der Waals surface area (Å²) in [6.07, 6.45) is 2.29. The van der Waals surface area contributed by atoms with E-state index in [0.717, 1.165) is 24.1 Å². The summed E-state index contributed by atoms with van der Waals surface area (Å²) in [7, 11) is 1.60. The Morgan fingerprint density at radius 2 is 2.12 bits per heavy atom. The first kappa shape index (κ1) is 24.3. The van der Waals surface area contributed by atoms with Gasteiger partial charge in [0.25, 0.3) is 0 Å². The number of amides is 1. The number of carbonyl (C=O) groups excluding carboxylic acids is 1. The highest BCUT2D eigenvalue weighted by atomic mass is 35.5. The van der Waals surface area contributed by atoms with Crippen LogP contribution < -0.4 is 9.64 Å². The number of piperazine rings is 1. The number of pyridine rings is 1. The molecule has 2 atom stereocenters. The quantitative estimate of drug-likeness (QED) is 0.542. The fourth-order valence-corrected chi connectivity index (χ4v) is 4.64. The Morgan fingerprint density at radius 1 is 1.32 bits per heavy atom. The molecule has 2 aromatic rings. The molecule has 0 bridgehead atoms. The molecule has 2 heterocycles.